The zero-order chi connectivity index (χ0) is 19.7. The Bertz CT molecular complexity index is 1050. The number of anilines is 1. The van der Waals surface area contributed by atoms with Crippen LogP contribution in [0.15, 0.2) is 53.8 Å². The number of ketones is 1. The van der Waals surface area contributed by atoms with Crippen molar-refractivity contribution in [2.45, 2.75) is 17.3 Å². The van der Waals surface area contributed by atoms with Gasteiger partial charge in [-0.15, -0.1) is 0 Å². The highest BCUT2D eigenvalue weighted by molar-refractivity contribution is 8.00. The lowest BCUT2D eigenvalue weighted by molar-refractivity contribution is -0.118. The Morgan fingerprint density at radius 1 is 1.25 bits per heavy atom. The van der Waals surface area contributed by atoms with Crippen molar-refractivity contribution in [1.29, 1.82) is 0 Å². The summed E-state index contributed by atoms with van der Waals surface area (Å²) in [6.45, 7) is 1.77. The van der Waals surface area contributed by atoms with Crippen molar-refractivity contribution in [1.82, 2.24) is 9.97 Å². The Kier molecular flexibility index (Phi) is 4.87. The van der Waals surface area contributed by atoms with Crippen molar-refractivity contribution in [2.24, 2.45) is 0 Å². The molecule has 1 aliphatic heterocycles. The van der Waals surface area contributed by atoms with Crippen molar-refractivity contribution < 1.29 is 18.7 Å². The van der Waals surface area contributed by atoms with Gasteiger partial charge in [-0.25, -0.2) is 9.37 Å². The summed E-state index contributed by atoms with van der Waals surface area (Å²) >= 11 is 1.29. The molecule has 0 unspecified atom stereocenters. The highest BCUT2D eigenvalue weighted by Crippen LogP contribution is 2.31. The molecule has 0 fully saturated rings. The van der Waals surface area contributed by atoms with Crippen LogP contribution in [-0.4, -0.2) is 33.5 Å². The number of ether oxygens (including phenoxy) is 1. The number of nitrogens with one attached hydrogen (secondary N) is 2. The van der Waals surface area contributed by atoms with E-state index < -0.39 is 5.25 Å². The molecule has 1 aliphatic rings. The molecule has 3 aromatic rings. The van der Waals surface area contributed by atoms with E-state index in [9.17, 15) is 14.0 Å². The van der Waals surface area contributed by atoms with Crippen molar-refractivity contribution in [3.63, 3.8) is 0 Å². The molecule has 6 nitrogen and oxygen atoms in total. The molecule has 2 heterocycles. The molecular weight excluding hydrogens is 381 g/mol. The number of benzene rings is 2. The molecule has 0 saturated carbocycles. The van der Waals surface area contributed by atoms with Gasteiger partial charge in [-0.2, -0.15) is 0 Å². The van der Waals surface area contributed by atoms with E-state index in [2.05, 4.69) is 15.3 Å². The summed E-state index contributed by atoms with van der Waals surface area (Å²) in [5, 5.41) is 2.90. The first-order chi connectivity index (χ1) is 13.5. The number of halogens is 1. The molecule has 1 amide bonds. The smallest absolute Gasteiger partial charge is 0.262 e. The molecule has 4 rings (SSSR count). The third-order valence-corrected chi connectivity index (χ3v) is 5.26. The van der Waals surface area contributed by atoms with Crippen LogP contribution in [0, 0.1) is 5.82 Å². The SMILES string of the molecule is C[C@H](Sc1ncc(-c2ccc(F)cc2)[nH]1)C(=O)c1ccc2c(c1)NC(=O)CO2. The van der Waals surface area contributed by atoms with Gasteiger partial charge in [0.25, 0.3) is 5.91 Å². The quantitative estimate of drug-likeness (QED) is 0.504. The second-order valence-electron chi connectivity index (χ2n) is 6.28. The molecule has 8 heteroatoms. The molecule has 0 spiro atoms. The largest absolute Gasteiger partial charge is 0.482 e. The molecular formula is C20H16FN3O3S. The molecule has 0 saturated heterocycles. The van der Waals surface area contributed by atoms with Crippen LogP contribution in [0.25, 0.3) is 11.3 Å². The Balaban J connectivity index is 1.47. The number of H-pyrrole nitrogens is 1. The number of imidazole rings is 1. The topological polar surface area (TPSA) is 84.1 Å². The lowest BCUT2D eigenvalue weighted by atomic mass is 10.1. The van der Waals surface area contributed by atoms with Gasteiger partial charge in [0, 0.05) is 5.56 Å². The van der Waals surface area contributed by atoms with Crippen LogP contribution < -0.4 is 10.1 Å². The average Bonchev–Trinajstić information content (AvgIpc) is 3.15. The fraction of sp³-hybridized carbons (Fsp3) is 0.150. The molecule has 0 bridgehead atoms. The van der Waals surface area contributed by atoms with Gasteiger partial charge < -0.3 is 15.0 Å². The van der Waals surface area contributed by atoms with Crippen LogP contribution >= 0.6 is 11.8 Å². The summed E-state index contributed by atoms with van der Waals surface area (Å²) in [4.78, 5) is 31.7. The highest BCUT2D eigenvalue weighted by atomic mass is 32.2. The minimum Gasteiger partial charge on any atom is -0.482 e. The number of aromatic nitrogens is 2. The van der Waals surface area contributed by atoms with Crippen LogP contribution in [0.2, 0.25) is 0 Å². The number of hydrogen-bond donors (Lipinski definition) is 2. The normalized spacial score (nSPS) is 14.0. The van der Waals surface area contributed by atoms with Crippen molar-refractivity contribution in [3.8, 4) is 17.0 Å². The average molecular weight is 397 g/mol. The fourth-order valence-corrected chi connectivity index (χ4v) is 3.69. The van der Waals surface area contributed by atoms with E-state index in [0.29, 0.717) is 22.2 Å². The maximum Gasteiger partial charge on any atom is 0.262 e. The third-order valence-electron chi connectivity index (χ3n) is 4.26. The number of Topliss-reactive ketones (excluding diaryl/α,β-unsaturated/α-hetero) is 1. The Labute approximate surface area is 164 Å². The number of rotatable bonds is 5. The number of fused-ring (bicyclic) bond motifs is 1. The first-order valence-corrected chi connectivity index (χ1v) is 9.46. The van der Waals surface area contributed by atoms with Crippen molar-refractivity contribution >= 4 is 29.1 Å². The third kappa shape index (κ3) is 3.77. The lowest BCUT2D eigenvalue weighted by Crippen LogP contribution is -2.25. The van der Waals surface area contributed by atoms with Gasteiger partial charge in [-0.3, -0.25) is 9.59 Å². The summed E-state index contributed by atoms with van der Waals surface area (Å²) in [5.41, 5.74) is 2.53. The second-order valence-corrected chi connectivity index (χ2v) is 7.61. The Hall–Kier alpha value is -3.13. The predicted molar refractivity (Wildman–Crippen MR) is 104 cm³/mol. The minimum atomic E-state index is -0.398. The maximum atomic E-state index is 13.1. The predicted octanol–water partition coefficient (Wildman–Crippen LogP) is 3.91. The number of thioether (sulfide) groups is 1. The highest BCUT2D eigenvalue weighted by Gasteiger charge is 2.22. The summed E-state index contributed by atoms with van der Waals surface area (Å²) < 4.78 is 18.4. The van der Waals surface area contributed by atoms with E-state index in [1.165, 1.54) is 23.9 Å². The zero-order valence-corrected chi connectivity index (χ0v) is 15.7. The van der Waals surface area contributed by atoms with Gasteiger partial charge in [0.05, 0.1) is 22.8 Å². The number of carbonyl (C=O) groups excluding carboxylic acids is 2. The van der Waals surface area contributed by atoms with Crippen LogP contribution in [-0.2, 0) is 4.79 Å². The number of amides is 1. The summed E-state index contributed by atoms with van der Waals surface area (Å²) in [5.74, 6) is -0.0917. The minimum absolute atomic E-state index is 0.0264. The van der Waals surface area contributed by atoms with E-state index in [1.54, 1.807) is 43.5 Å². The number of aromatic amines is 1. The molecule has 142 valence electrons. The van der Waals surface area contributed by atoms with Crippen molar-refractivity contribution in [3.05, 3.63) is 60.0 Å². The monoisotopic (exact) mass is 397 g/mol. The summed E-state index contributed by atoms with van der Waals surface area (Å²) in [6.07, 6.45) is 1.65. The molecule has 1 aromatic heterocycles. The Morgan fingerprint density at radius 2 is 2.04 bits per heavy atom. The van der Waals surface area contributed by atoms with Gasteiger partial charge in [0.15, 0.2) is 17.5 Å². The number of carbonyl (C=O) groups is 2. The molecule has 2 N–H and O–H groups in total. The van der Waals surface area contributed by atoms with Gasteiger partial charge >= 0.3 is 0 Å². The lowest BCUT2D eigenvalue weighted by Gasteiger charge is -2.18. The Morgan fingerprint density at radius 3 is 2.82 bits per heavy atom. The van der Waals surface area contributed by atoms with Gasteiger partial charge in [0.1, 0.15) is 11.6 Å². The first-order valence-electron chi connectivity index (χ1n) is 8.58. The fourth-order valence-electron chi connectivity index (χ4n) is 2.83. The zero-order valence-electron chi connectivity index (χ0n) is 14.9. The number of nitrogens with zero attached hydrogens (tertiary/aromatic N) is 1. The first kappa shape index (κ1) is 18.2. The number of hydrogen-bond acceptors (Lipinski definition) is 5. The second kappa shape index (κ2) is 7.47. The summed E-state index contributed by atoms with van der Waals surface area (Å²) in [7, 11) is 0. The van der Waals surface area contributed by atoms with E-state index in [0.717, 1.165) is 11.3 Å². The van der Waals surface area contributed by atoms with Crippen molar-refractivity contribution in [2.75, 3.05) is 11.9 Å². The van der Waals surface area contributed by atoms with Gasteiger partial charge in [0.2, 0.25) is 0 Å². The van der Waals surface area contributed by atoms with Crippen LogP contribution in [0.4, 0.5) is 10.1 Å². The van der Waals surface area contributed by atoms with Crippen LogP contribution in [0.3, 0.4) is 0 Å². The van der Waals surface area contributed by atoms with Crippen LogP contribution in [0.5, 0.6) is 5.75 Å². The van der Waals surface area contributed by atoms with Crippen LogP contribution in [0.1, 0.15) is 17.3 Å². The molecule has 28 heavy (non-hydrogen) atoms. The van der Waals surface area contributed by atoms with E-state index in [-0.39, 0.29) is 24.1 Å². The van der Waals surface area contributed by atoms with E-state index in [4.69, 9.17) is 4.74 Å². The van der Waals surface area contributed by atoms with Gasteiger partial charge in [-0.05, 0) is 55.0 Å². The van der Waals surface area contributed by atoms with Gasteiger partial charge in [-0.1, -0.05) is 11.8 Å². The molecule has 0 radical (unpaired) electrons. The maximum absolute atomic E-state index is 13.1. The molecule has 2 aromatic carbocycles. The van der Waals surface area contributed by atoms with E-state index in [1.807, 2.05) is 0 Å². The summed E-state index contributed by atoms with van der Waals surface area (Å²) in [6, 6.07) is 11.1. The molecule has 1 atom stereocenters. The standard InChI is InChI=1S/C20H16FN3O3S/c1-11(19(26)13-4-7-17-15(8-13)23-18(25)10-27-17)28-20-22-9-16(24-20)12-2-5-14(21)6-3-12/h2-9,11H,10H2,1H3,(H,22,24)(H,23,25)/t11-/m0/s1. The van der Waals surface area contributed by atoms with E-state index >= 15 is 0 Å². The molecule has 0 aliphatic carbocycles.